The van der Waals surface area contributed by atoms with E-state index in [0.29, 0.717) is 23.3 Å². The van der Waals surface area contributed by atoms with Crippen LogP contribution in [0.3, 0.4) is 0 Å². The maximum atomic E-state index is 12.4. The first kappa shape index (κ1) is 16.1. The van der Waals surface area contributed by atoms with E-state index in [9.17, 15) is 4.79 Å². The van der Waals surface area contributed by atoms with E-state index < -0.39 is 6.04 Å². The highest BCUT2D eigenvalue weighted by atomic mass is 35.5. The molecule has 0 aromatic heterocycles. The molecule has 0 spiro atoms. The molecule has 120 valence electrons. The number of nitrogens with two attached hydrogens (primary N) is 1. The molecule has 6 heteroatoms. The monoisotopic (exact) mass is 342 g/mol. The Morgan fingerprint density at radius 3 is 2.73 bits per heavy atom. The van der Waals surface area contributed by atoms with Gasteiger partial charge in [-0.2, -0.15) is 0 Å². The average molecular weight is 343 g/mol. The van der Waals surface area contributed by atoms with Crippen molar-refractivity contribution in [3.8, 4) is 0 Å². The lowest BCUT2D eigenvalue weighted by molar-refractivity contribution is -0.125. The molecular formula is C16H20Cl2N2O2. The van der Waals surface area contributed by atoms with E-state index in [4.69, 9.17) is 33.7 Å². The van der Waals surface area contributed by atoms with Crippen molar-refractivity contribution in [2.75, 3.05) is 13.2 Å². The number of hydrogen-bond donors (Lipinski definition) is 2. The van der Waals surface area contributed by atoms with Crippen LogP contribution in [0.5, 0.6) is 0 Å². The quantitative estimate of drug-likeness (QED) is 0.887. The summed E-state index contributed by atoms with van der Waals surface area (Å²) >= 11 is 12.3. The van der Waals surface area contributed by atoms with Gasteiger partial charge in [-0.1, -0.05) is 29.3 Å². The lowest BCUT2D eigenvalue weighted by atomic mass is 9.91. The molecule has 1 heterocycles. The predicted octanol–water partition coefficient (Wildman–Crippen LogP) is 2.85. The first-order chi connectivity index (χ1) is 10.6. The normalized spacial score (nSPS) is 23.1. The Bertz CT molecular complexity index is 574. The lowest BCUT2D eigenvalue weighted by Gasteiger charge is -2.28. The molecule has 1 aliphatic carbocycles. The van der Waals surface area contributed by atoms with E-state index in [1.54, 1.807) is 6.07 Å². The van der Waals surface area contributed by atoms with E-state index in [-0.39, 0.29) is 17.9 Å². The fourth-order valence-corrected chi connectivity index (χ4v) is 3.78. The molecule has 2 unspecified atom stereocenters. The minimum Gasteiger partial charge on any atom is -0.381 e. The van der Waals surface area contributed by atoms with E-state index in [2.05, 4.69) is 5.32 Å². The molecule has 1 fully saturated rings. The molecule has 22 heavy (non-hydrogen) atoms. The molecule has 0 bridgehead atoms. The fourth-order valence-electron chi connectivity index (χ4n) is 3.34. The van der Waals surface area contributed by atoms with Crippen LogP contribution in [0, 0.1) is 5.92 Å². The van der Waals surface area contributed by atoms with E-state index in [1.807, 2.05) is 6.07 Å². The fraction of sp³-hybridized carbons (Fsp3) is 0.562. The van der Waals surface area contributed by atoms with Crippen LogP contribution in [-0.4, -0.2) is 25.2 Å². The molecule has 0 radical (unpaired) electrons. The van der Waals surface area contributed by atoms with Gasteiger partial charge in [0, 0.05) is 13.2 Å². The van der Waals surface area contributed by atoms with Crippen LogP contribution in [0.2, 0.25) is 10.0 Å². The van der Waals surface area contributed by atoms with E-state index in [1.165, 1.54) is 0 Å². The van der Waals surface area contributed by atoms with Crippen molar-refractivity contribution in [2.45, 2.75) is 37.8 Å². The Morgan fingerprint density at radius 1 is 1.27 bits per heavy atom. The van der Waals surface area contributed by atoms with E-state index in [0.717, 1.165) is 36.8 Å². The summed E-state index contributed by atoms with van der Waals surface area (Å²) in [5.41, 5.74) is 8.23. The summed E-state index contributed by atoms with van der Waals surface area (Å²) in [7, 11) is 0. The summed E-state index contributed by atoms with van der Waals surface area (Å²) in [5.74, 6) is 0.110. The Kier molecular flexibility index (Phi) is 4.93. The summed E-state index contributed by atoms with van der Waals surface area (Å²) in [4.78, 5) is 12.4. The number of nitrogens with one attached hydrogen (secondary N) is 1. The Labute approximate surface area is 140 Å². The SMILES string of the molecule is NC(C(=O)NC1CCc2c1ccc(Cl)c2Cl)C1CCOCC1. The number of rotatable bonds is 3. The van der Waals surface area contributed by atoms with Gasteiger partial charge >= 0.3 is 0 Å². The summed E-state index contributed by atoms with van der Waals surface area (Å²) in [6, 6.07) is 3.23. The van der Waals surface area contributed by atoms with Gasteiger partial charge < -0.3 is 15.8 Å². The molecule has 3 rings (SSSR count). The third kappa shape index (κ3) is 3.11. The van der Waals surface area contributed by atoms with Gasteiger partial charge in [0.1, 0.15) is 0 Å². The molecule has 1 saturated heterocycles. The van der Waals surface area contributed by atoms with Crippen molar-refractivity contribution in [1.29, 1.82) is 0 Å². The summed E-state index contributed by atoms with van der Waals surface area (Å²) in [5, 5.41) is 4.24. The van der Waals surface area contributed by atoms with Gasteiger partial charge in [-0.15, -0.1) is 0 Å². The third-order valence-electron chi connectivity index (χ3n) is 4.68. The van der Waals surface area contributed by atoms with Crippen molar-refractivity contribution in [3.63, 3.8) is 0 Å². The first-order valence-electron chi connectivity index (χ1n) is 7.68. The van der Waals surface area contributed by atoms with Crippen LogP contribution in [0.4, 0.5) is 0 Å². The van der Waals surface area contributed by atoms with Gasteiger partial charge in [0.2, 0.25) is 5.91 Å². The van der Waals surface area contributed by atoms with Crippen LogP contribution < -0.4 is 11.1 Å². The zero-order chi connectivity index (χ0) is 15.7. The number of carbonyl (C=O) groups excluding carboxylic acids is 1. The van der Waals surface area contributed by atoms with E-state index >= 15 is 0 Å². The van der Waals surface area contributed by atoms with Crippen molar-refractivity contribution in [3.05, 3.63) is 33.3 Å². The Morgan fingerprint density at radius 2 is 2.00 bits per heavy atom. The Balaban J connectivity index is 1.67. The van der Waals surface area contributed by atoms with Crippen molar-refractivity contribution in [2.24, 2.45) is 11.7 Å². The van der Waals surface area contributed by atoms with Crippen molar-refractivity contribution < 1.29 is 9.53 Å². The minimum atomic E-state index is -0.476. The van der Waals surface area contributed by atoms with Crippen LogP contribution in [0.25, 0.3) is 0 Å². The van der Waals surface area contributed by atoms with Gasteiger partial charge in [0.25, 0.3) is 0 Å². The zero-order valence-corrected chi connectivity index (χ0v) is 13.8. The van der Waals surface area contributed by atoms with Crippen molar-refractivity contribution in [1.82, 2.24) is 5.32 Å². The van der Waals surface area contributed by atoms with Gasteiger partial charge in [-0.05, 0) is 48.8 Å². The molecular weight excluding hydrogens is 323 g/mol. The number of benzene rings is 1. The molecule has 1 aromatic carbocycles. The molecule has 3 N–H and O–H groups in total. The minimum absolute atomic E-state index is 0.0249. The van der Waals surface area contributed by atoms with Gasteiger partial charge in [0.05, 0.1) is 22.1 Å². The second-order valence-electron chi connectivity index (χ2n) is 6.00. The third-order valence-corrected chi connectivity index (χ3v) is 5.53. The number of fused-ring (bicyclic) bond motifs is 1. The molecule has 2 atom stereocenters. The molecule has 1 aliphatic heterocycles. The highest BCUT2D eigenvalue weighted by Crippen LogP contribution is 2.39. The molecule has 1 aromatic rings. The van der Waals surface area contributed by atoms with Crippen LogP contribution >= 0.6 is 23.2 Å². The second kappa shape index (κ2) is 6.75. The molecule has 1 amide bonds. The Hall–Kier alpha value is -0.810. The number of amides is 1. The maximum Gasteiger partial charge on any atom is 0.237 e. The predicted molar refractivity (Wildman–Crippen MR) is 87.2 cm³/mol. The smallest absolute Gasteiger partial charge is 0.237 e. The second-order valence-corrected chi connectivity index (χ2v) is 6.79. The van der Waals surface area contributed by atoms with Gasteiger partial charge in [-0.3, -0.25) is 4.79 Å². The van der Waals surface area contributed by atoms with Crippen LogP contribution in [0.15, 0.2) is 12.1 Å². The highest BCUT2D eigenvalue weighted by Gasteiger charge is 2.31. The van der Waals surface area contributed by atoms with Gasteiger partial charge in [-0.25, -0.2) is 0 Å². The number of halogens is 2. The summed E-state index contributed by atoms with van der Waals surface area (Å²) < 4.78 is 5.32. The number of hydrogen-bond acceptors (Lipinski definition) is 3. The van der Waals surface area contributed by atoms with Crippen molar-refractivity contribution >= 4 is 29.1 Å². The van der Waals surface area contributed by atoms with Crippen LogP contribution in [-0.2, 0) is 16.0 Å². The summed E-state index contributed by atoms with van der Waals surface area (Å²) in [6.45, 7) is 1.37. The summed E-state index contributed by atoms with van der Waals surface area (Å²) in [6.07, 6.45) is 3.35. The average Bonchev–Trinajstić information content (AvgIpc) is 2.94. The van der Waals surface area contributed by atoms with Gasteiger partial charge in [0.15, 0.2) is 0 Å². The zero-order valence-electron chi connectivity index (χ0n) is 12.3. The lowest BCUT2D eigenvalue weighted by Crippen LogP contribution is -2.47. The maximum absolute atomic E-state index is 12.4. The van der Waals surface area contributed by atoms with Crippen LogP contribution in [0.1, 0.15) is 36.4 Å². The molecule has 4 nitrogen and oxygen atoms in total. The molecule has 0 saturated carbocycles. The first-order valence-corrected chi connectivity index (χ1v) is 8.44. The number of ether oxygens (including phenoxy) is 1. The largest absolute Gasteiger partial charge is 0.381 e. The molecule has 2 aliphatic rings. The highest BCUT2D eigenvalue weighted by molar-refractivity contribution is 6.42. The number of carbonyl (C=O) groups is 1. The standard InChI is InChI=1S/C16H20Cl2N2O2/c17-12-3-1-10-11(14(12)18)2-4-13(10)20-16(21)15(19)9-5-7-22-8-6-9/h1,3,9,13,15H,2,4-8,19H2,(H,20,21). The topological polar surface area (TPSA) is 64.4 Å².